The standard InChI is InChI=1S/C10H15F3NO7S2/c11-10(12,13)22(15,16)14-23(17,18)21-8-3-1-2-7(4-8)19-5-9-6-20-9/h7-9H,1-6H2/q-1. The van der Waals surface area contributed by atoms with Crippen molar-refractivity contribution in [3.05, 3.63) is 4.13 Å². The van der Waals surface area contributed by atoms with Crippen molar-refractivity contribution >= 4 is 20.3 Å². The zero-order chi connectivity index (χ0) is 17.3. The van der Waals surface area contributed by atoms with Crippen LogP contribution in [0.15, 0.2) is 0 Å². The van der Waals surface area contributed by atoms with Gasteiger partial charge in [-0.25, -0.2) is 16.8 Å². The highest BCUT2D eigenvalue weighted by molar-refractivity contribution is 8.10. The van der Waals surface area contributed by atoms with Crippen molar-refractivity contribution in [2.75, 3.05) is 13.2 Å². The third-order valence-corrected chi connectivity index (χ3v) is 5.85. The molecule has 3 unspecified atom stereocenters. The fourth-order valence-electron chi connectivity index (χ4n) is 2.10. The summed E-state index contributed by atoms with van der Waals surface area (Å²) in [5.74, 6) is 0. The summed E-state index contributed by atoms with van der Waals surface area (Å²) in [4.78, 5) is 0. The molecule has 1 heterocycles. The minimum atomic E-state index is -6.17. The molecule has 136 valence electrons. The maximum Gasteiger partial charge on any atom is 0.480 e. The summed E-state index contributed by atoms with van der Waals surface area (Å²) in [6.45, 7) is 0.937. The van der Waals surface area contributed by atoms with Gasteiger partial charge >= 0.3 is 5.51 Å². The van der Waals surface area contributed by atoms with Crippen LogP contribution in [0.1, 0.15) is 25.7 Å². The zero-order valence-electron chi connectivity index (χ0n) is 11.7. The minimum Gasteiger partial charge on any atom is -0.404 e. The van der Waals surface area contributed by atoms with Crippen LogP contribution < -0.4 is 0 Å². The van der Waals surface area contributed by atoms with Crippen LogP contribution in [-0.4, -0.2) is 53.9 Å². The molecule has 0 amide bonds. The maximum absolute atomic E-state index is 12.2. The van der Waals surface area contributed by atoms with E-state index in [1.807, 2.05) is 4.13 Å². The van der Waals surface area contributed by atoms with Gasteiger partial charge in [-0.2, -0.15) is 13.2 Å². The summed E-state index contributed by atoms with van der Waals surface area (Å²) in [5, 5.41) is 0. The summed E-state index contributed by atoms with van der Waals surface area (Å²) in [6, 6.07) is 0. The van der Waals surface area contributed by atoms with Crippen molar-refractivity contribution in [2.24, 2.45) is 0 Å². The summed E-state index contributed by atoms with van der Waals surface area (Å²) in [6.07, 6.45) is 0.256. The SMILES string of the molecule is O=S(=O)([N-]S(=O)(=O)C(F)(F)F)OC1CCCC(OCC2CO2)C1. The molecule has 0 aromatic rings. The monoisotopic (exact) mass is 382 g/mol. The quantitative estimate of drug-likeness (QED) is 0.608. The van der Waals surface area contributed by atoms with E-state index < -0.39 is 31.9 Å². The Morgan fingerprint density at radius 1 is 1.13 bits per heavy atom. The highest BCUT2D eigenvalue weighted by atomic mass is 32.3. The summed E-state index contributed by atoms with van der Waals surface area (Å²) in [5.41, 5.74) is -5.80. The first-order chi connectivity index (χ1) is 10.5. The van der Waals surface area contributed by atoms with Gasteiger partial charge in [0, 0.05) is 6.42 Å². The van der Waals surface area contributed by atoms with Crippen LogP contribution in [0.3, 0.4) is 0 Å². The Bertz CT molecular complexity index is 615. The summed E-state index contributed by atoms with van der Waals surface area (Å²) >= 11 is 0. The molecule has 0 spiro atoms. The summed E-state index contributed by atoms with van der Waals surface area (Å²) < 4.78 is 97.6. The average Bonchev–Trinajstić information content (AvgIpc) is 3.17. The third kappa shape index (κ3) is 5.83. The molecule has 2 rings (SSSR count). The van der Waals surface area contributed by atoms with Crippen molar-refractivity contribution in [2.45, 2.75) is 49.5 Å². The topological polar surface area (TPSA) is 113 Å². The number of hydrogen-bond donors (Lipinski definition) is 0. The Balaban J connectivity index is 1.88. The lowest BCUT2D eigenvalue weighted by Crippen LogP contribution is -2.32. The van der Waals surface area contributed by atoms with Gasteiger partial charge in [-0.15, -0.1) is 0 Å². The number of ether oxygens (including phenoxy) is 2. The highest BCUT2D eigenvalue weighted by Crippen LogP contribution is 2.32. The van der Waals surface area contributed by atoms with Gasteiger partial charge < -0.3 is 13.6 Å². The number of sulfonamides is 1. The molecule has 0 radical (unpaired) electrons. The molecule has 1 aliphatic heterocycles. The van der Waals surface area contributed by atoms with E-state index in [-0.39, 0.29) is 25.0 Å². The second kappa shape index (κ2) is 6.80. The Morgan fingerprint density at radius 2 is 1.74 bits per heavy atom. The van der Waals surface area contributed by atoms with Crippen molar-refractivity contribution < 1.29 is 43.7 Å². The van der Waals surface area contributed by atoms with Crippen LogP contribution in [0.4, 0.5) is 13.2 Å². The van der Waals surface area contributed by atoms with Gasteiger partial charge in [-0.3, -0.25) is 4.18 Å². The molecule has 0 aromatic heterocycles. The van der Waals surface area contributed by atoms with E-state index in [0.29, 0.717) is 26.1 Å². The van der Waals surface area contributed by atoms with Gasteiger partial charge in [0.15, 0.2) is 10.0 Å². The Hall–Kier alpha value is -0.470. The normalized spacial score (nSPS) is 29.4. The van der Waals surface area contributed by atoms with Crippen LogP contribution in [0.25, 0.3) is 4.13 Å². The Labute approximate surface area is 131 Å². The van der Waals surface area contributed by atoms with E-state index in [4.69, 9.17) is 9.47 Å². The largest absolute Gasteiger partial charge is 0.480 e. The van der Waals surface area contributed by atoms with Gasteiger partial charge in [0.2, 0.25) is 10.3 Å². The van der Waals surface area contributed by atoms with Crippen LogP contribution >= 0.6 is 0 Å². The molecule has 2 fully saturated rings. The second-order valence-electron chi connectivity index (χ2n) is 5.22. The number of nitrogens with zero attached hydrogens (tertiary/aromatic N) is 1. The molecule has 0 bridgehead atoms. The molecule has 2 aliphatic rings. The van der Waals surface area contributed by atoms with Crippen molar-refractivity contribution in [3.63, 3.8) is 0 Å². The van der Waals surface area contributed by atoms with E-state index in [2.05, 4.69) is 4.18 Å². The number of hydrogen-bond acceptors (Lipinski definition) is 7. The smallest absolute Gasteiger partial charge is 0.404 e. The van der Waals surface area contributed by atoms with Crippen LogP contribution in [0.5, 0.6) is 0 Å². The lowest BCUT2D eigenvalue weighted by atomic mass is 9.95. The molecule has 1 aliphatic carbocycles. The van der Waals surface area contributed by atoms with Crippen molar-refractivity contribution in [1.29, 1.82) is 0 Å². The fraction of sp³-hybridized carbons (Fsp3) is 1.00. The summed E-state index contributed by atoms with van der Waals surface area (Å²) in [7, 11) is -11.4. The molecule has 13 heteroatoms. The average molecular weight is 382 g/mol. The lowest BCUT2D eigenvalue weighted by Gasteiger charge is -2.31. The Kier molecular flexibility index (Phi) is 5.58. The number of alkyl halides is 3. The first-order valence-corrected chi connectivity index (χ1v) is 9.51. The Morgan fingerprint density at radius 3 is 2.30 bits per heavy atom. The fourth-order valence-corrected chi connectivity index (χ4v) is 4.06. The predicted molar refractivity (Wildman–Crippen MR) is 70.1 cm³/mol. The van der Waals surface area contributed by atoms with Gasteiger partial charge in [-0.1, -0.05) is 0 Å². The molecule has 8 nitrogen and oxygen atoms in total. The van der Waals surface area contributed by atoms with Crippen LogP contribution in [0.2, 0.25) is 0 Å². The molecule has 3 atom stereocenters. The van der Waals surface area contributed by atoms with E-state index in [1.165, 1.54) is 0 Å². The molecule has 0 N–H and O–H groups in total. The second-order valence-corrected chi connectivity index (χ2v) is 8.28. The number of rotatable bonds is 7. The minimum absolute atomic E-state index is 0.0203. The molecule has 1 saturated heterocycles. The van der Waals surface area contributed by atoms with Crippen molar-refractivity contribution in [3.8, 4) is 0 Å². The van der Waals surface area contributed by atoms with E-state index in [9.17, 15) is 30.0 Å². The predicted octanol–water partition coefficient (Wildman–Crippen LogP) is 1.20. The molecule has 1 saturated carbocycles. The van der Waals surface area contributed by atoms with Crippen LogP contribution in [0, 0.1) is 0 Å². The van der Waals surface area contributed by atoms with Crippen molar-refractivity contribution in [1.82, 2.24) is 0 Å². The van der Waals surface area contributed by atoms with Gasteiger partial charge in [-0.05, 0) is 19.3 Å². The highest BCUT2D eigenvalue weighted by Gasteiger charge is 2.41. The van der Waals surface area contributed by atoms with E-state index >= 15 is 0 Å². The van der Waals surface area contributed by atoms with E-state index in [1.54, 1.807) is 0 Å². The first-order valence-electron chi connectivity index (χ1n) is 6.70. The first kappa shape index (κ1) is 18.9. The van der Waals surface area contributed by atoms with Gasteiger partial charge in [0.1, 0.15) is 6.10 Å². The molecule has 0 aromatic carbocycles. The van der Waals surface area contributed by atoms with Gasteiger partial charge in [0.05, 0.1) is 25.4 Å². The van der Waals surface area contributed by atoms with Gasteiger partial charge in [0.25, 0.3) is 0 Å². The third-order valence-electron chi connectivity index (χ3n) is 3.24. The zero-order valence-corrected chi connectivity index (χ0v) is 13.4. The van der Waals surface area contributed by atoms with Crippen LogP contribution in [-0.2, 0) is 34.0 Å². The number of epoxide rings is 1. The molecule has 23 heavy (non-hydrogen) atoms. The molecular formula is C10H15F3NO7S2-. The molecular weight excluding hydrogens is 367 g/mol. The lowest BCUT2D eigenvalue weighted by molar-refractivity contribution is -0.0426. The maximum atomic E-state index is 12.2. The van der Waals surface area contributed by atoms with E-state index in [0.717, 1.165) is 0 Å². The number of halogens is 3.